The normalized spacial score (nSPS) is 17.2. The summed E-state index contributed by atoms with van der Waals surface area (Å²) in [5, 5.41) is 7.94. The van der Waals surface area contributed by atoms with Gasteiger partial charge in [0.1, 0.15) is 5.71 Å². The molecule has 32 heavy (non-hydrogen) atoms. The van der Waals surface area contributed by atoms with E-state index in [1.165, 1.54) is 5.56 Å². The largest absolute Gasteiger partial charge is 0.459 e. The molecule has 10 nitrogen and oxygen atoms in total. The first-order valence-electron chi connectivity index (χ1n) is 10.5. The van der Waals surface area contributed by atoms with Gasteiger partial charge in [0, 0.05) is 51.1 Å². The zero-order valence-electron chi connectivity index (χ0n) is 17.4. The van der Waals surface area contributed by atoms with Crippen molar-refractivity contribution in [2.45, 2.75) is 19.4 Å². The van der Waals surface area contributed by atoms with E-state index in [-0.39, 0.29) is 11.8 Å². The van der Waals surface area contributed by atoms with Crippen molar-refractivity contribution in [1.82, 2.24) is 25.4 Å². The number of piperazine rings is 1. The van der Waals surface area contributed by atoms with Crippen LogP contribution in [0.1, 0.15) is 18.4 Å². The van der Waals surface area contributed by atoms with Gasteiger partial charge in [0.25, 0.3) is 11.8 Å². The zero-order valence-corrected chi connectivity index (χ0v) is 17.4. The fourth-order valence-corrected chi connectivity index (χ4v) is 3.78. The SMILES string of the molecule is O=C1CCC(C(=O)N2CCN(Cc3ccc(-c4noc(-c5ccco5)n4)cc3)CC2)=NN1. The predicted octanol–water partition coefficient (Wildman–Crippen LogP) is 1.91. The van der Waals surface area contributed by atoms with Crippen molar-refractivity contribution in [3.63, 3.8) is 0 Å². The fourth-order valence-electron chi connectivity index (χ4n) is 3.78. The van der Waals surface area contributed by atoms with Crippen molar-refractivity contribution in [2.75, 3.05) is 26.2 Å². The van der Waals surface area contributed by atoms with Crippen molar-refractivity contribution in [3.05, 3.63) is 48.2 Å². The van der Waals surface area contributed by atoms with Gasteiger partial charge in [-0.1, -0.05) is 29.4 Å². The van der Waals surface area contributed by atoms with Gasteiger partial charge in [0.05, 0.1) is 6.26 Å². The summed E-state index contributed by atoms with van der Waals surface area (Å²) in [6.07, 6.45) is 2.28. The highest BCUT2D eigenvalue weighted by atomic mass is 16.5. The lowest BCUT2D eigenvalue weighted by molar-refractivity contribution is -0.126. The van der Waals surface area contributed by atoms with Crippen molar-refractivity contribution in [2.24, 2.45) is 5.10 Å². The van der Waals surface area contributed by atoms with Crippen LogP contribution >= 0.6 is 0 Å². The van der Waals surface area contributed by atoms with Crippen LogP contribution in [0.3, 0.4) is 0 Å². The lowest BCUT2D eigenvalue weighted by atomic mass is 10.1. The first-order valence-corrected chi connectivity index (χ1v) is 10.5. The van der Waals surface area contributed by atoms with Gasteiger partial charge in [-0.05, 0) is 17.7 Å². The van der Waals surface area contributed by atoms with Crippen LogP contribution in [0.15, 0.2) is 56.7 Å². The van der Waals surface area contributed by atoms with E-state index in [4.69, 9.17) is 8.94 Å². The summed E-state index contributed by atoms with van der Waals surface area (Å²) >= 11 is 0. The van der Waals surface area contributed by atoms with Crippen LogP contribution in [0.25, 0.3) is 23.0 Å². The Morgan fingerprint density at radius 2 is 1.88 bits per heavy atom. The van der Waals surface area contributed by atoms with E-state index in [1.54, 1.807) is 18.4 Å². The molecule has 0 unspecified atom stereocenters. The minimum atomic E-state index is -0.144. The van der Waals surface area contributed by atoms with Crippen LogP contribution in [0.4, 0.5) is 0 Å². The van der Waals surface area contributed by atoms with E-state index in [2.05, 4.69) is 37.7 Å². The number of furan rings is 1. The summed E-state index contributed by atoms with van der Waals surface area (Å²) in [5.41, 5.74) is 4.86. The number of amides is 2. The Kier molecular flexibility index (Phi) is 5.51. The molecule has 1 N–H and O–H groups in total. The third kappa shape index (κ3) is 4.30. The molecule has 0 bridgehead atoms. The second kappa shape index (κ2) is 8.75. The van der Waals surface area contributed by atoms with Gasteiger partial charge in [-0.15, -0.1) is 0 Å². The molecular formula is C22H22N6O4. The Labute approximate surface area is 183 Å². The van der Waals surface area contributed by atoms with Crippen molar-refractivity contribution < 1.29 is 18.5 Å². The molecular weight excluding hydrogens is 412 g/mol. The lowest BCUT2D eigenvalue weighted by Gasteiger charge is -2.35. The number of carbonyl (C=O) groups excluding carboxylic acids is 2. The Morgan fingerprint density at radius 1 is 1.06 bits per heavy atom. The Bertz CT molecular complexity index is 1130. The van der Waals surface area contributed by atoms with Crippen LogP contribution in [0.5, 0.6) is 0 Å². The molecule has 1 aromatic carbocycles. The number of rotatable bonds is 5. The first-order chi connectivity index (χ1) is 15.7. The Hall–Kier alpha value is -3.79. The highest BCUT2D eigenvalue weighted by Gasteiger charge is 2.26. The highest BCUT2D eigenvalue weighted by molar-refractivity contribution is 6.39. The van der Waals surface area contributed by atoms with Gasteiger partial charge in [-0.3, -0.25) is 14.5 Å². The molecule has 0 atom stereocenters. The van der Waals surface area contributed by atoms with Crippen molar-refractivity contribution in [3.8, 4) is 23.0 Å². The molecule has 5 rings (SSSR count). The van der Waals surface area contributed by atoms with Gasteiger partial charge < -0.3 is 13.8 Å². The first kappa shape index (κ1) is 20.1. The Balaban J connectivity index is 1.15. The second-order valence-electron chi connectivity index (χ2n) is 7.76. The van der Waals surface area contributed by atoms with Gasteiger partial charge >= 0.3 is 0 Å². The maximum atomic E-state index is 12.6. The van der Waals surface area contributed by atoms with Gasteiger partial charge in [-0.25, -0.2) is 5.43 Å². The Morgan fingerprint density at radius 3 is 2.56 bits per heavy atom. The molecule has 3 aromatic rings. The van der Waals surface area contributed by atoms with Crippen LogP contribution in [-0.4, -0.2) is 63.6 Å². The molecule has 164 valence electrons. The molecule has 1 saturated heterocycles. The van der Waals surface area contributed by atoms with Gasteiger partial charge in [0.2, 0.25) is 11.7 Å². The number of nitrogens with one attached hydrogen (secondary N) is 1. The van der Waals surface area contributed by atoms with Crippen LogP contribution in [-0.2, 0) is 16.1 Å². The molecule has 0 aliphatic carbocycles. The number of carbonyl (C=O) groups is 2. The summed E-state index contributed by atoms with van der Waals surface area (Å²) in [6, 6.07) is 11.6. The number of hydrogen-bond acceptors (Lipinski definition) is 8. The number of benzene rings is 1. The molecule has 2 aliphatic rings. The number of hydrogen-bond donors (Lipinski definition) is 1. The second-order valence-corrected chi connectivity index (χ2v) is 7.76. The molecule has 0 radical (unpaired) electrons. The third-order valence-corrected chi connectivity index (χ3v) is 5.59. The molecule has 2 aliphatic heterocycles. The summed E-state index contributed by atoms with van der Waals surface area (Å²) in [6.45, 7) is 3.64. The minimum Gasteiger partial charge on any atom is -0.459 e. The van der Waals surface area contributed by atoms with E-state index in [0.717, 1.165) is 25.2 Å². The summed E-state index contributed by atoms with van der Waals surface area (Å²) in [4.78, 5) is 32.3. The van der Waals surface area contributed by atoms with Crippen molar-refractivity contribution in [1.29, 1.82) is 0 Å². The van der Waals surface area contributed by atoms with E-state index in [0.29, 0.717) is 49.1 Å². The number of nitrogens with zero attached hydrogens (tertiary/aromatic N) is 5. The smallest absolute Gasteiger partial charge is 0.293 e. The molecule has 0 spiro atoms. The summed E-state index contributed by atoms with van der Waals surface area (Å²) in [5.74, 6) is 1.18. The zero-order chi connectivity index (χ0) is 21.9. The lowest BCUT2D eigenvalue weighted by Crippen LogP contribution is -2.51. The standard InChI is InChI=1S/C22H22N6O4/c29-19-8-7-17(24-25-19)22(30)28-11-9-27(10-12-28)14-15-3-5-16(6-4-15)20-23-21(32-26-20)18-2-1-13-31-18/h1-6,13H,7-12,14H2,(H,25,29). The van der Waals surface area contributed by atoms with Crippen LogP contribution in [0, 0.1) is 0 Å². The maximum absolute atomic E-state index is 12.6. The fraction of sp³-hybridized carbons (Fsp3) is 0.318. The molecule has 1 fully saturated rings. The highest BCUT2D eigenvalue weighted by Crippen LogP contribution is 2.23. The summed E-state index contributed by atoms with van der Waals surface area (Å²) in [7, 11) is 0. The van der Waals surface area contributed by atoms with Gasteiger partial charge in [-0.2, -0.15) is 10.1 Å². The van der Waals surface area contributed by atoms with E-state index < -0.39 is 0 Å². The predicted molar refractivity (Wildman–Crippen MR) is 114 cm³/mol. The number of hydrazone groups is 1. The quantitative estimate of drug-likeness (QED) is 0.652. The van der Waals surface area contributed by atoms with Crippen LogP contribution in [0.2, 0.25) is 0 Å². The maximum Gasteiger partial charge on any atom is 0.293 e. The molecule has 2 aromatic heterocycles. The molecule has 4 heterocycles. The van der Waals surface area contributed by atoms with Crippen molar-refractivity contribution >= 4 is 17.5 Å². The molecule has 10 heteroatoms. The van der Waals surface area contributed by atoms with E-state index >= 15 is 0 Å². The number of aromatic nitrogens is 2. The van der Waals surface area contributed by atoms with Gasteiger partial charge in [0.15, 0.2) is 5.76 Å². The topological polar surface area (TPSA) is 117 Å². The van der Waals surface area contributed by atoms with E-state index in [1.807, 2.05) is 17.0 Å². The average molecular weight is 434 g/mol. The monoisotopic (exact) mass is 434 g/mol. The summed E-state index contributed by atoms with van der Waals surface area (Å²) < 4.78 is 10.6. The molecule has 2 amide bonds. The third-order valence-electron chi connectivity index (χ3n) is 5.59. The average Bonchev–Trinajstić information content (AvgIpc) is 3.53. The van der Waals surface area contributed by atoms with Crippen LogP contribution < -0.4 is 5.43 Å². The minimum absolute atomic E-state index is 0.0805. The molecule has 0 saturated carbocycles. The van der Waals surface area contributed by atoms with E-state index in [9.17, 15) is 9.59 Å².